The van der Waals surface area contributed by atoms with Gasteiger partial charge in [0.1, 0.15) is 5.01 Å². The molecule has 7 heteroatoms. The van der Waals surface area contributed by atoms with Gasteiger partial charge in [0, 0.05) is 18.2 Å². The third-order valence-corrected chi connectivity index (χ3v) is 4.58. The molecule has 92 valence electrons. The highest BCUT2D eigenvalue weighted by molar-refractivity contribution is 7.97. The molecule has 17 heavy (non-hydrogen) atoms. The van der Waals surface area contributed by atoms with Gasteiger partial charge in [-0.2, -0.15) is 11.8 Å². The molecule has 0 fully saturated rings. The average molecular weight is 287 g/mol. The zero-order valence-corrected chi connectivity index (χ0v) is 12.0. The van der Waals surface area contributed by atoms with Crippen molar-refractivity contribution < 1.29 is 4.74 Å². The van der Waals surface area contributed by atoms with Crippen LogP contribution in [0.2, 0.25) is 0 Å². The van der Waals surface area contributed by atoms with Crippen LogP contribution in [-0.4, -0.2) is 23.3 Å². The van der Waals surface area contributed by atoms with E-state index in [1.165, 1.54) is 11.3 Å². The number of nitrogens with two attached hydrogens (primary N) is 1. The number of nitrogens with zero attached hydrogens (tertiary/aromatic N) is 2. The Balaban J connectivity index is 2.36. The van der Waals surface area contributed by atoms with Gasteiger partial charge in [-0.25, -0.2) is 9.97 Å². The Kier molecular flexibility index (Phi) is 4.38. The standard InChI is InChI=1S/C10H13N3OS3/c1-14-3-6-9(7-4-16-10(11)13-7)17-8(12-6)5-15-2/h4H,3,5H2,1-2H3,(H2,11,13). The fourth-order valence-corrected chi connectivity index (χ4v) is 3.76. The van der Waals surface area contributed by atoms with Crippen LogP contribution in [0.3, 0.4) is 0 Å². The van der Waals surface area contributed by atoms with Crippen LogP contribution in [0.25, 0.3) is 10.6 Å². The third kappa shape index (κ3) is 2.98. The Morgan fingerprint density at radius 1 is 1.47 bits per heavy atom. The van der Waals surface area contributed by atoms with Gasteiger partial charge < -0.3 is 10.5 Å². The number of methoxy groups -OCH3 is 1. The van der Waals surface area contributed by atoms with Gasteiger partial charge in [-0.15, -0.1) is 22.7 Å². The van der Waals surface area contributed by atoms with Crippen LogP contribution >= 0.6 is 34.4 Å². The summed E-state index contributed by atoms with van der Waals surface area (Å²) < 4.78 is 5.17. The van der Waals surface area contributed by atoms with Crippen LogP contribution < -0.4 is 5.73 Å². The molecule has 0 spiro atoms. The normalized spacial score (nSPS) is 10.9. The molecule has 2 rings (SSSR count). The van der Waals surface area contributed by atoms with E-state index in [-0.39, 0.29) is 0 Å². The van der Waals surface area contributed by atoms with E-state index in [1.54, 1.807) is 30.2 Å². The van der Waals surface area contributed by atoms with E-state index in [4.69, 9.17) is 10.5 Å². The van der Waals surface area contributed by atoms with Gasteiger partial charge in [0.2, 0.25) is 0 Å². The van der Waals surface area contributed by atoms with Crippen LogP contribution in [0.5, 0.6) is 0 Å². The smallest absolute Gasteiger partial charge is 0.180 e. The number of anilines is 1. The third-order valence-electron chi connectivity index (χ3n) is 2.05. The topological polar surface area (TPSA) is 61.0 Å². The summed E-state index contributed by atoms with van der Waals surface area (Å²) in [5, 5.41) is 3.65. The summed E-state index contributed by atoms with van der Waals surface area (Å²) in [4.78, 5) is 9.95. The molecule has 0 saturated heterocycles. The highest BCUT2D eigenvalue weighted by Gasteiger charge is 2.15. The molecule has 0 saturated carbocycles. The second-order valence-corrected chi connectivity index (χ2v) is 6.16. The maximum Gasteiger partial charge on any atom is 0.180 e. The molecule has 2 N–H and O–H groups in total. The number of aromatic nitrogens is 2. The minimum atomic E-state index is 0.512. The summed E-state index contributed by atoms with van der Waals surface area (Å²) in [5.41, 5.74) is 7.52. The van der Waals surface area contributed by atoms with Gasteiger partial charge in [-0.05, 0) is 6.26 Å². The SMILES string of the molecule is COCc1nc(CSC)sc1-c1csc(N)n1. The molecular formula is C10H13N3OS3. The summed E-state index contributed by atoms with van der Waals surface area (Å²) in [6.45, 7) is 0.512. The van der Waals surface area contributed by atoms with E-state index in [0.29, 0.717) is 11.7 Å². The Labute approximate surface area is 112 Å². The van der Waals surface area contributed by atoms with Crippen molar-refractivity contribution in [3.05, 3.63) is 16.1 Å². The molecule has 0 aliphatic carbocycles. The quantitative estimate of drug-likeness (QED) is 0.916. The number of thioether (sulfide) groups is 1. The second-order valence-electron chi connectivity index (χ2n) is 3.32. The molecule has 2 aromatic heterocycles. The van der Waals surface area contributed by atoms with Gasteiger partial charge in [-0.1, -0.05) is 0 Å². The Morgan fingerprint density at radius 2 is 2.29 bits per heavy atom. The second kappa shape index (κ2) is 5.81. The first-order valence-electron chi connectivity index (χ1n) is 4.92. The maximum absolute atomic E-state index is 5.66. The van der Waals surface area contributed by atoms with Crippen LogP contribution in [0.4, 0.5) is 5.13 Å². The molecular weight excluding hydrogens is 274 g/mol. The lowest BCUT2D eigenvalue weighted by atomic mass is 10.3. The van der Waals surface area contributed by atoms with Crippen LogP contribution in [0.1, 0.15) is 10.7 Å². The van der Waals surface area contributed by atoms with Crippen LogP contribution in [0, 0.1) is 0 Å². The molecule has 0 atom stereocenters. The minimum Gasteiger partial charge on any atom is -0.378 e. The van der Waals surface area contributed by atoms with E-state index < -0.39 is 0 Å². The largest absolute Gasteiger partial charge is 0.378 e. The minimum absolute atomic E-state index is 0.512. The highest BCUT2D eigenvalue weighted by Crippen LogP contribution is 2.33. The van der Waals surface area contributed by atoms with Gasteiger partial charge >= 0.3 is 0 Å². The van der Waals surface area contributed by atoms with Gasteiger partial charge in [0.25, 0.3) is 0 Å². The molecule has 0 amide bonds. The van der Waals surface area contributed by atoms with Gasteiger partial charge in [0.05, 0.1) is 22.9 Å². The van der Waals surface area contributed by atoms with E-state index in [9.17, 15) is 0 Å². The van der Waals surface area contributed by atoms with Crippen molar-refractivity contribution in [3.8, 4) is 10.6 Å². The first kappa shape index (κ1) is 12.8. The molecule has 4 nitrogen and oxygen atoms in total. The number of hydrogen-bond acceptors (Lipinski definition) is 7. The predicted molar refractivity (Wildman–Crippen MR) is 75.6 cm³/mol. The van der Waals surface area contributed by atoms with Crippen LogP contribution in [0.15, 0.2) is 5.38 Å². The predicted octanol–water partition coefficient (Wildman–Crippen LogP) is 2.86. The molecule has 2 heterocycles. The Morgan fingerprint density at radius 3 is 2.88 bits per heavy atom. The molecule has 0 aliphatic heterocycles. The van der Waals surface area contributed by atoms with Crippen molar-refractivity contribution in [2.24, 2.45) is 0 Å². The van der Waals surface area contributed by atoms with E-state index in [1.807, 2.05) is 5.38 Å². The van der Waals surface area contributed by atoms with Crippen molar-refractivity contribution in [1.29, 1.82) is 0 Å². The summed E-state index contributed by atoms with van der Waals surface area (Å²) >= 11 is 4.88. The summed E-state index contributed by atoms with van der Waals surface area (Å²) in [6, 6.07) is 0. The van der Waals surface area contributed by atoms with Crippen molar-refractivity contribution >= 4 is 39.6 Å². The molecule has 0 aliphatic rings. The van der Waals surface area contributed by atoms with Crippen molar-refractivity contribution in [1.82, 2.24) is 9.97 Å². The Hall–Kier alpha value is -0.630. The lowest BCUT2D eigenvalue weighted by Crippen LogP contribution is -1.91. The van der Waals surface area contributed by atoms with Crippen LogP contribution in [-0.2, 0) is 17.1 Å². The van der Waals surface area contributed by atoms with Gasteiger partial charge in [0.15, 0.2) is 5.13 Å². The fraction of sp³-hybridized carbons (Fsp3) is 0.400. The lowest BCUT2D eigenvalue weighted by molar-refractivity contribution is 0.182. The molecule has 0 bridgehead atoms. The first-order chi connectivity index (χ1) is 8.24. The maximum atomic E-state index is 5.66. The molecule has 0 aromatic carbocycles. The van der Waals surface area contributed by atoms with Gasteiger partial charge in [-0.3, -0.25) is 0 Å². The summed E-state index contributed by atoms with van der Waals surface area (Å²) in [7, 11) is 1.67. The number of rotatable bonds is 5. The van der Waals surface area contributed by atoms with E-state index in [0.717, 1.165) is 27.0 Å². The number of hydrogen-bond donors (Lipinski definition) is 1. The van der Waals surface area contributed by atoms with Crippen molar-refractivity contribution in [2.45, 2.75) is 12.4 Å². The summed E-state index contributed by atoms with van der Waals surface area (Å²) in [6.07, 6.45) is 2.07. The first-order valence-corrected chi connectivity index (χ1v) is 8.01. The molecule has 2 aromatic rings. The monoisotopic (exact) mass is 287 g/mol. The average Bonchev–Trinajstić information content (AvgIpc) is 2.86. The highest BCUT2D eigenvalue weighted by atomic mass is 32.2. The lowest BCUT2D eigenvalue weighted by Gasteiger charge is -1.96. The summed E-state index contributed by atoms with van der Waals surface area (Å²) in [5.74, 6) is 0.918. The van der Waals surface area contributed by atoms with E-state index >= 15 is 0 Å². The van der Waals surface area contributed by atoms with E-state index in [2.05, 4.69) is 16.2 Å². The number of ether oxygens (including phenoxy) is 1. The zero-order chi connectivity index (χ0) is 12.3. The van der Waals surface area contributed by atoms with Crippen molar-refractivity contribution in [2.75, 3.05) is 19.1 Å². The number of nitrogen functional groups attached to an aromatic ring is 1. The number of thiazole rings is 2. The zero-order valence-electron chi connectivity index (χ0n) is 9.60. The molecule has 0 radical (unpaired) electrons. The van der Waals surface area contributed by atoms with Crippen molar-refractivity contribution in [3.63, 3.8) is 0 Å². The Bertz CT molecular complexity index is 495. The fourth-order valence-electron chi connectivity index (χ4n) is 1.41. The molecule has 0 unspecified atom stereocenters.